The first-order valence-electron chi connectivity index (χ1n) is 7.14. The van der Waals surface area contributed by atoms with E-state index in [1.165, 1.54) is 6.08 Å². The van der Waals surface area contributed by atoms with Crippen molar-refractivity contribution in [2.45, 2.75) is 31.8 Å². The Morgan fingerprint density at radius 3 is 2.86 bits per heavy atom. The fraction of sp³-hybridized carbons (Fsp3) is 0.375. The molecule has 0 saturated carbocycles. The minimum Gasteiger partial charge on any atom is -0.391 e. The summed E-state index contributed by atoms with van der Waals surface area (Å²) in [6, 6.07) is 0. The summed E-state index contributed by atoms with van der Waals surface area (Å²) in [4.78, 5) is 10.3. The van der Waals surface area contributed by atoms with E-state index in [1.54, 1.807) is 18.2 Å². The molecule has 0 bridgehead atoms. The average Bonchev–Trinajstić information content (AvgIpc) is 2.72. The molecule has 0 fully saturated rings. The zero-order valence-corrected chi connectivity index (χ0v) is 11.9. The van der Waals surface area contributed by atoms with Crippen molar-refractivity contribution in [3.63, 3.8) is 0 Å². The predicted molar refractivity (Wildman–Crippen MR) is 82.0 cm³/mol. The minimum absolute atomic E-state index is 0.168. The van der Waals surface area contributed by atoms with Crippen molar-refractivity contribution in [3.8, 4) is 0 Å². The van der Waals surface area contributed by atoms with Crippen LogP contribution in [0.25, 0.3) is 0 Å². The van der Waals surface area contributed by atoms with Crippen LogP contribution in [0.2, 0.25) is 0 Å². The van der Waals surface area contributed by atoms with Crippen LogP contribution in [-0.2, 0) is 0 Å². The van der Waals surface area contributed by atoms with Gasteiger partial charge in [-0.15, -0.1) is 0 Å². The lowest BCUT2D eigenvalue weighted by Gasteiger charge is -2.15. The standard InChI is InChI=1S/C16H20N2O3/c19-16(11-13-5-2-1-3-6-13)12-17-14-7-4-8-15(10-9-14)18(20)21/h2,4-7,9-10,16-17,19H,1,3,8,11-12H2. The molecule has 0 spiro atoms. The maximum atomic E-state index is 10.7. The Hall–Kier alpha value is -2.14. The first-order chi connectivity index (χ1) is 10.1. The molecule has 0 aromatic heterocycles. The Kier molecular flexibility index (Phi) is 5.51. The molecule has 1 unspecified atom stereocenters. The third kappa shape index (κ3) is 5.04. The Balaban J connectivity index is 1.83. The quantitative estimate of drug-likeness (QED) is 0.582. The van der Waals surface area contributed by atoms with E-state index >= 15 is 0 Å². The van der Waals surface area contributed by atoms with Crippen LogP contribution in [0.3, 0.4) is 0 Å². The predicted octanol–water partition coefficient (Wildman–Crippen LogP) is 2.61. The van der Waals surface area contributed by atoms with Gasteiger partial charge in [-0.3, -0.25) is 10.1 Å². The van der Waals surface area contributed by atoms with Crippen molar-refractivity contribution in [1.29, 1.82) is 0 Å². The number of aliphatic hydroxyl groups is 1. The highest BCUT2D eigenvalue weighted by Crippen LogP contribution is 2.15. The number of nitrogens with zero attached hydrogens (tertiary/aromatic N) is 1. The van der Waals surface area contributed by atoms with Gasteiger partial charge >= 0.3 is 0 Å². The second kappa shape index (κ2) is 7.59. The molecular weight excluding hydrogens is 268 g/mol. The SMILES string of the molecule is O=[N+]([O-])C1=CC=C(NCC(O)CC2=CCCC=C2)C=CC1. The van der Waals surface area contributed by atoms with E-state index < -0.39 is 6.10 Å². The molecule has 2 N–H and O–H groups in total. The summed E-state index contributed by atoms with van der Waals surface area (Å²) in [5.74, 6) is 0. The number of aliphatic hydroxyl groups excluding tert-OH is 1. The molecular formula is C16H20N2O3. The van der Waals surface area contributed by atoms with E-state index in [0.717, 1.165) is 24.1 Å². The van der Waals surface area contributed by atoms with E-state index in [9.17, 15) is 15.2 Å². The first kappa shape index (κ1) is 15.3. The van der Waals surface area contributed by atoms with Gasteiger partial charge in [0.1, 0.15) is 0 Å². The molecule has 2 aliphatic rings. The highest BCUT2D eigenvalue weighted by Gasteiger charge is 2.11. The Labute approximate surface area is 124 Å². The molecule has 0 amide bonds. The van der Waals surface area contributed by atoms with Crippen molar-refractivity contribution in [2.75, 3.05) is 6.54 Å². The van der Waals surface area contributed by atoms with Crippen LogP contribution in [0, 0.1) is 10.1 Å². The molecule has 112 valence electrons. The summed E-state index contributed by atoms with van der Waals surface area (Å²) in [5, 5.41) is 23.8. The van der Waals surface area contributed by atoms with Gasteiger partial charge in [-0.1, -0.05) is 24.3 Å². The number of nitrogens with one attached hydrogen (secondary N) is 1. The summed E-state index contributed by atoms with van der Waals surface area (Å²) >= 11 is 0. The summed E-state index contributed by atoms with van der Waals surface area (Å²) in [6.07, 6.45) is 15.6. The monoisotopic (exact) mass is 288 g/mol. The van der Waals surface area contributed by atoms with E-state index in [2.05, 4.69) is 23.5 Å². The first-order valence-corrected chi connectivity index (χ1v) is 7.14. The molecule has 2 rings (SSSR count). The normalized spacial score (nSPS) is 19.2. The van der Waals surface area contributed by atoms with Crippen LogP contribution in [-0.4, -0.2) is 22.7 Å². The highest BCUT2D eigenvalue weighted by molar-refractivity contribution is 5.28. The number of nitro groups is 1. The fourth-order valence-electron chi connectivity index (χ4n) is 2.27. The fourth-order valence-corrected chi connectivity index (χ4v) is 2.27. The molecule has 0 aromatic carbocycles. The third-order valence-corrected chi connectivity index (χ3v) is 3.40. The van der Waals surface area contributed by atoms with E-state index in [-0.39, 0.29) is 10.6 Å². The lowest BCUT2D eigenvalue weighted by atomic mass is 10.0. The highest BCUT2D eigenvalue weighted by atomic mass is 16.6. The molecule has 0 aliphatic heterocycles. The van der Waals surface area contributed by atoms with Crippen molar-refractivity contribution in [2.24, 2.45) is 0 Å². The van der Waals surface area contributed by atoms with Gasteiger partial charge in [0.2, 0.25) is 5.70 Å². The zero-order valence-electron chi connectivity index (χ0n) is 11.9. The summed E-state index contributed by atoms with van der Waals surface area (Å²) < 4.78 is 0. The summed E-state index contributed by atoms with van der Waals surface area (Å²) in [5.41, 5.74) is 2.11. The van der Waals surface area contributed by atoms with Crippen molar-refractivity contribution < 1.29 is 10.0 Å². The van der Waals surface area contributed by atoms with Crippen LogP contribution >= 0.6 is 0 Å². The molecule has 0 saturated heterocycles. The lowest BCUT2D eigenvalue weighted by molar-refractivity contribution is -0.426. The third-order valence-electron chi connectivity index (χ3n) is 3.40. The van der Waals surface area contributed by atoms with Crippen LogP contribution in [0.4, 0.5) is 0 Å². The van der Waals surface area contributed by atoms with E-state index in [4.69, 9.17) is 0 Å². The van der Waals surface area contributed by atoms with Crippen LogP contribution in [0.5, 0.6) is 0 Å². The van der Waals surface area contributed by atoms with Gasteiger partial charge in [-0.05, 0) is 37.0 Å². The van der Waals surface area contributed by atoms with Gasteiger partial charge in [-0.2, -0.15) is 0 Å². The molecule has 5 nitrogen and oxygen atoms in total. The average molecular weight is 288 g/mol. The van der Waals surface area contributed by atoms with E-state index in [0.29, 0.717) is 19.4 Å². The maximum absolute atomic E-state index is 10.7. The Bertz CT molecular complexity index is 542. The Morgan fingerprint density at radius 1 is 1.29 bits per heavy atom. The molecule has 0 aromatic rings. The van der Waals surface area contributed by atoms with Crippen molar-refractivity contribution >= 4 is 0 Å². The maximum Gasteiger partial charge on any atom is 0.250 e. The van der Waals surface area contributed by atoms with Crippen molar-refractivity contribution in [1.82, 2.24) is 5.32 Å². The zero-order chi connectivity index (χ0) is 15.1. The van der Waals surface area contributed by atoms with Gasteiger partial charge in [0.05, 0.1) is 17.4 Å². The van der Waals surface area contributed by atoms with Gasteiger partial charge in [-0.25, -0.2) is 0 Å². The van der Waals surface area contributed by atoms with Gasteiger partial charge < -0.3 is 10.4 Å². The summed E-state index contributed by atoms with van der Waals surface area (Å²) in [6.45, 7) is 0.420. The molecule has 5 heteroatoms. The van der Waals surface area contributed by atoms with Crippen molar-refractivity contribution in [3.05, 3.63) is 69.6 Å². The van der Waals surface area contributed by atoms with Gasteiger partial charge in [0.15, 0.2) is 0 Å². The second-order valence-corrected chi connectivity index (χ2v) is 5.14. The molecule has 1 atom stereocenters. The van der Waals surface area contributed by atoms with Gasteiger partial charge in [0, 0.05) is 18.3 Å². The van der Waals surface area contributed by atoms with Crippen LogP contribution in [0.1, 0.15) is 25.7 Å². The van der Waals surface area contributed by atoms with Gasteiger partial charge in [0.25, 0.3) is 0 Å². The largest absolute Gasteiger partial charge is 0.391 e. The number of hydrogen-bond donors (Lipinski definition) is 2. The summed E-state index contributed by atoms with van der Waals surface area (Å²) in [7, 11) is 0. The lowest BCUT2D eigenvalue weighted by Crippen LogP contribution is -2.26. The number of allylic oxidation sites excluding steroid dienone is 7. The topological polar surface area (TPSA) is 75.4 Å². The minimum atomic E-state index is -0.476. The van der Waals surface area contributed by atoms with E-state index in [1.807, 2.05) is 0 Å². The smallest absolute Gasteiger partial charge is 0.250 e. The number of hydrogen-bond acceptors (Lipinski definition) is 4. The van der Waals surface area contributed by atoms with Crippen LogP contribution in [0.15, 0.2) is 59.5 Å². The molecule has 0 heterocycles. The molecule has 21 heavy (non-hydrogen) atoms. The second-order valence-electron chi connectivity index (χ2n) is 5.14. The molecule has 0 radical (unpaired) electrons. The van der Waals surface area contributed by atoms with Crippen LogP contribution < -0.4 is 5.32 Å². The molecule has 2 aliphatic carbocycles. The number of rotatable bonds is 6. The Morgan fingerprint density at radius 2 is 2.14 bits per heavy atom.